The zero-order valence-electron chi connectivity index (χ0n) is 25.3. The predicted molar refractivity (Wildman–Crippen MR) is 164 cm³/mol. The highest BCUT2D eigenvalue weighted by molar-refractivity contribution is 7.10. The van der Waals surface area contributed by atoms with Crippen molar-refractivity contribution in [1.82, 2.24) is 29.8 Å². The Bertz CT molecular complexity index is 1390. The second kappa shape index (κ2) is 18.6. The molecule has 3 aromatic heterocycles. The van der Waals surface area contributed by atoms with Crippen LogP contribution in [-0.2, 0) is 38.5 Å². The van der Waals surface area contributed by atoms with Crippen LogP contribution in [0.5, 0.6) is 5.75 Å². The first kappa shape index (κ1) is 36.2. The molecule has 0 unspecified atom stereocenters. The van der Waals surface area contributed by atoms with Crippen LogP contribution in [0.1, 0.15) is 57.7 Å². The largest absolute Gasteiger partial charge is 0.507 e. The highest BCUT2D eigenvalue weighted by Crippen LogP contribution is 2.15. The summed E-state index contributed by atoms with van der Waals surface area (Å²) in [5.74, 6) is 0.539. The van der Waals surface area contributed by atoms with Gasteiger partial charge in [0.2, 0.25) is 0 Å². The van der Waals surface area contributed by atoms with Crippen molar-refractivity contribution in [2.24, 2.45) is 0 Å². The molecule has 0 saturated heterocycles. The van der Waals surface area contributed by atoms with Gasteiger partial charge in [0.05, 0.1) is 5.69 Å². The molecule has 0 amide bonds. The average molecular weight is 611 g/mol. The minimum atomic E-state index is -0.561. The van der Waals surface area contributed by atoms with Crippen LogP contribution in [0.3, 0.4) is 0 Å². The number of carbonyl (C=O) groups is 4. The Hall–Kier alpha value is -4.78. The third-order valence-electron chi connectivity index (χ3n) is 4.67. The van der Waals surface area contributed by atoms with Crippen molar-refractivity contribution in [2.45, 2.75) is 66.5 Å². The maximum atomic E-state index is 11.7. The summed E-state index contributed by atoms with van der Waals surface area (Å²) in [6.07, 6.45) is 6.13. The summed E-state index contributed by atoms with van der Waals surface area (Å²) < 4.78 is 7.81. The molecule has 4 aromatic rings. The first-order chi connectivity index (χ1) is 20.2. The van der Waals surface area contributed by atoms with Gasteiger partial charge in [-0.15, -0.1) is 16.4 Å². The van der Waals surface area contributed by atoms with Gasteiger partial charge in [-0.3, -0.25) is 14.4 Å². The summed E-state index contributed by atoms with van der Waals surface area (Å²) in [5, 5.41) is 21.2. The van der Waals surface area contributed by atoms with Crippen molar-refractivity contribution in [2.75, 3.05) is 0 Å². The molecule has 3 heterocycles. The standard InChI is InChI=1S/C11H16N2O3.C8H8O.C7H8OS.C4H6N4O/c1-8(14)5-9-6-12-7-13(9)10(15)16-11(2,3)4;1-2-7-5-3-4-6-8(7)9;1-6(8)5-7-3-2-4-9-7;1-4(9)2-8-3-5-6-7-8/h6-7H,5H2,1-4H3;2-6,9H,1H2;2-4H,5H2,1H3;3H,2H2,1H3. The number of carbonyl (C=O) groups excluding carboxylic acids is 4. The zero-order chi connectivity index (χ0) is 32.4. The quantitative estimate of drug-likeness (QED) is 0.302. The van der Waals surface area contributed by atoms with E-state index in [1.807, 2.05) is 29.6 Å². The molecular formula is C30H38N6O6S. The lowest BCUT2D eigenvalue weighted by Crippen LogP contribution is -2.28. The Balaban J connectivity index is 0.000000298. The first-order valence-corrected chi connectivity index (χ1v) is 14.0. The van der Waals surface area contributed by atoms with Gasteiger partial charge in [0, 0.05) is 29.5 Å². The SMILES string of the molecule is C=Cc1ccccc1O.CC(=O)Cc1cccs1.CC(=O)Cc1cncn1C(=O)OC(C)(C)C.CC(=O)Cn1cnnn1. The molecule has 0 aliphatic carbocycles. The molecular weight excluding hydrogens is 572 g/mol. The van der Waals surface area contributed by atoms with E-state index < -0.39 is 11.7 Å². The van der Waals surface area contributed by atoms with E-state index in [9.17, 15) is 19.2 Å². The van der Waals surface area contributed by atoms with Crippen LogP contribution in [0.4, 0.5) is 4.79 Å². The van der Waals surface area contributed by atoms with Crippen LogP contribution >= 0.6 is 11.3 Å². The summed E-state index contributed by atoms with van der Waals surface area (Å²) in [4.78, 5) is 48.6. The van der Waals surface area contributed by atoms with Gasteiger partial charge in [0.1, 0.15) is 42.1 Å². The molecule has 0 radical (unpaired) electrons. The van der Waals surface area contributed by atoms with Gasteiger partial charge in [-0.05, 0) is 69.5 Å². The van der Waals surface area contributed by atoms with E-state index in [0.29, 0.717) is 12.1 Å². The van der Waals surface area contributed by atoms with Crippen molar-refractivity contribution < 1.29 is 29.0 Å². The molecule has 0 saturated carbocycles. The maximum Gasteiger partial charge on any atom is 0.420 e. The molecule has 4 rings (SSSR count). The molecule has 0 fully saturated rings. The summed E-state index contributed by atoms with van der Waals surface area (Å²) in [7, 11) is 0. The number of thiophene rings is 1. The van der Waals surface area contributed by atoms with Crippen LogP contribution in [0.25, 0.3) is 6.08 Å². The van der Waals surface area contributed by atoms with E-state index in [1.54, 1.807) is 57.2 Å². The number of rotatable bonds is 7. The van der Waals surface area contributed by atoms with Gasteiger partial charge >= 0.3 is 6.09 Å². The van der Waals surface area contributed by atoms with Gasteiger partial charge in [-0.25, -0.2) is 19.0 Å². The van der Waals surface area contributed by atoms with E-state index in [2.05, 4.69) is 27.1 Å². The predicted octanol–water partition coefficient (Wildman–Crippen LogP) is 4.97. The number of nitrogens with zero attached hydrogens (tertiary/aromatic N) is 6. The topological polar surface area (TPSA) is 159 Å². The molecule has 43 heavy (non-hydrogen) atoms. The molecule has 1 aromatic carbocycles. The summed E-state index contributed by atoms with van der Waals surface area (Å²) >= 11 is 1.63. The molecule has 0 spiro atoms. The van der Waals surface area contributed by atoms with Crippen LogP contribution in [0.2, 0.25) is 0 Å². The second-order valence-corrected chi connectivity index (χ2v) is 11.1. The van der Waals surface area contributed by atoms with Crippen molar-refractivity contribution in [3.8, 4) is 5.75 Å². The fourth-order valence-corrected chi connectivity index (χ4v) is 3.76. The summed E-state index contributed by atoms with van der Waals surface area (Å²) in [5.41, 5.74) is 0.758. The van der Waals surface area contributed by atoms with Gasteiger partial charge in [-0.1, -0.05) is 36.9 Å². The summed E-state index contributed by atoms with van der Waals surface area (Å²) in [6, 6.07) is 11.0. The number of phenols is 1. The number of hydrogen-bond donors (Lipinski definition) is 1. The first-order valence-electron chi connectivity index (χ1n) is 13.1. The van der Waals surface area contributed by atoms with Crippen molar-refractivity contribution in [1.29, 1.82) is 0 Å². The van der Waals surface area contributed by atoms with Gasteiger partial charge < -0.3 is 9.84 Å². The molecule has 0 aliphatic rings. The Kier molecular flexibility index (Phi) is 15.7. The Morgan fingerprint density at radius 3 is 2.12 bits per heavy atom. The van der Waals surface area contributed by atoms with Crippen LogP contribution in [0, 0.1) is 0 Å². The number of ether oxygens (including phenoxy) is 1. The number of aromatic hydroxyl groups is 1. The molecule has 0 bridgehead atoms. The average Bonchev–Trinajstić information content (AvgIpc) is 3.68. The maximum absolute atomic E-state index is 11.7. The third kappa shape index (κ3) is 16.3. The van der Waals surface area contributed by atoms with E-state index in [1.165, 1.54) is 41.9 Å². The van der Waals surface area contributed by atoms with E-state index in [-0.39, 0.29) is 36.1 Å². The molecule has 0 aliphatic heterocycles. The Labute approximate surface area is 255 Å². The third-order valence-corrected chi connectivity index (χ3v) is 5.55. The number of phenolic OH excluding ortho intramolecular Hbond substituents is 1. The number of ketones is 3. The normalized spacial score (nSPS) is 10.0. The highest BCUT2D eigenvalue weighted by Gasteiger charge is 2.20. The van der Waals surface area contributed by atoms with Gasteiger partial charge in [0.15, 0.2) is 5.78 Å². The Morgan fingerprint density at radius 2 is 1.65 bits per heavy atom. The summed E-state index contributed by atoms with van der Waals surface area (Å²) in [6.45, 7) is 13.7. The lowest BCUT2D eigenvalue weighted by atomic mass is 10.2. The van der Waals surface area contributed by atoms with E-state index in [4.69, 9.17) is 9.84 Å². The van der Waals surface area contributed by atoms with E-state index in [0.717, 1.165) is 10.4 Å². The van der Waals surface area contributed by atoms with Gasteiger partial charge in [0.25, 0.3) is 0 Å². The number of imidazole rings is 1. The van der Waals surface area contributed by atoms with Crippen molar-refractivity contribution in [3.63, 3.8) is 0 Å². The molecule has 12 nitrogen and oxygen atoms in total. The number of hydrogen-bond acceptors (Lipinski definition) is 11. The van der Waals surface area contributed by atoms with Crippen molar-refractivity contribution >= 4 is 40.9 Å². The lowest BCUT2D eigenvalue weighted by molar-refractivity contribution is -0.118. The fourth-order valence-electron chi connectivity index (χ4n) is 2.98. The van der Waals surface area contributed by atoms with Crippen LogP contribution < -0.4 is 0 Å². The van der Waals surface area contributed by atoms with Gasteiger partial charge in [-0.2, -0.15) is 0 Å². The lowest BCUT2D eigenvalue weighted by Gasteiger charge is -2.19. The van der Waals surface area contributed by atoms with Crippen LogP contribution in [0.15, 0.2) is 67.2 Å². The van der Waals surface area contributed by atoms with E-state index >= 15 is 0 Å². The zero-order valence-corrected chi connectivity index (χ0v) is 26.1. The minimum Gasteiger partial charge on any atom is -0.507 e. The number of tetrazole rings is 1. The number of aromatic nitrogens is 6. The Morgan fingerprint density at radius 1 is 0.977 bits per heavy atom. The number of Topliss-reactive ketones (excluding diaryl/α,β-unsaturated/α-hetero) is 3. The number of para-hydroxylation sites is 1. The molecule has 1 N–H and O–H groups in total. The smallest absolute Gasteiger partial charge is 0.420 e. The monoisotopic (exact) mass is 610 g/mol. The highest BCUT2D eigenvalue weighted by atomic mass is 32.1. The number of benzene rings is 1. The van der Waals surface area contributed by atoms with Crippen molar-refractivity contribution in [3.05, 3.63) is 83.3 Å². The molecule has 0 atom stereocenters. The second-order valence-electron chi connectivity index (χ2n) is 10.0. The van der Waals surface area contributed by atoms with Crippen LogP contribution in [-0.4, -0.2) is 63.9 Å². The molecule has 13 heteroatoms. The molecule has 230 valence electrons. The fraction of sp³-hybridized carbons (Fsp3) is 0.333. The minimum absolute atomic E-state index is 0.0229.